The van der Waals surface area contributed by atoms with Crippen molar-refractivity contribution in [1.82, 2.24) is 0 Å². The molecule has 0 aliphatic rings. The average molecular weight is 232 g/mol. The number of nitrogens with zero attached hydrogens (tertiary/aromatic N) is 2. The number of hydrogen-bond acceptors (Lipinski definition) is 6. The van der Waals surface area contributed by atoms with Crippen LogP contribution >= 0.6 is 0 Å². The molecular weight excluding hydrogens is 220 g/mol. The third kappa shape index (κ3) is 3.50. The molecule has 6 heteroatoms. The van der Waals surface area contributed by atoms with Crippen molar-refractivity contribution >= 4 is 23.1 Å². The molecule has 0 radical (unpaired) electrons. The highest BCUT2D eigenvalue weighted by atomic mass is 16.5. The summed E-state index contributed by atoms with van der Waals surface area (Å²) in [5.41, 5.74) is 8.83. The van der Waals surface area contributed by atoms with Gasteiger partial charge in [0.25, 0.3) is 0 Å². The molecule has 88 valence electrons. The summed E-state index contributed by atoms with van der Waals surface area (Å²) < 4.78 is 4.65. The molecule has 1 aromatic carbocycles. The number of ether oxygens (including phenoxy) is 1. The molecule has 0 saturated heterocycles. The van der Waals surface area contributed by atoms with Gasteiger partial charge in [-0.1, -0.05) is 12.1 Å². The quantitative estimate of drug-likeness (QED) is 0.350. The standard InChI is InChI=1S/C11H12N4O2/c1-2-17-11(16)10(7-12)15-14-9-6-4-3-5-8(9)13/h3-6,14H,2,13H2,1H3/b15-10-. The van der Waals surface area contributed by atoms with Crippen LogP contribution in [0.2, 0.25) is 0 Å². The summed E-state index contributed by atoms with van der Waals surface area (Å²) >= 11 is 0. The Morgan fingerprint density at radius 1 is 1.59 bits per heavy atom. The molecule has 0 unspecified atom stereocenters. The van der Waals surface area contributed by atoms with Gasteiger partial charge in [0, 0.05) is 0 Å². The zero-order chi connectivity index (χ0) is 12.7. The van der Waals surface area contributed by atoms with Crippen molar-refractivity contribution in [3.05, 3.63) is 24.3 Å². The van der Waals surface area contributed by atoms with E-state index in [4.69, 9.17) is 11.0 Å². The van der Waals surface area contributed by atoms with Gasteiger partial charge in [0.2, 0.25) is 5.71 Å². The summed E-state index contributed by atoms with van der Waals surface area (Å²) in [7, 11) is 0. The third-order valence-electron chi connectivity index (χ3n) is 1.82. The Kier molecular flexibility index (Phi) is 4.51. The second kappa shape index (κ2) is 6.12. The largest absolute Gasteiger partial charge is 0.461 e. The van der Waals surface area contributed by atoms with Crippen molar-refractivity contribution in [1.29, 1.82) is 5.26 Å². The van der Waals surface area contributed by atoms with Crippen LogP contribution in [0.25, 0.3) is 0 Å². The van der Waals surface area contributed by atoms with Crippen molar-refractivity contribution in [2.24, 2.45) is 5.10 Å². The Balaban J connectivity index is 2.79. The topological polar surface area (TPSA) is 100 Å². The van der Waals surface area contributed by atoms with E-state index >= 15 is 0 Å². The number of hydrogen-bond donors (Lipinski definition) is 2. The van der Waals surface area contributed by atoms with Gasteiger partial charge in [-0.05, 0) is 19.1 Å². The van der Waals surface area contributed by atoms with Gasteiger partial charge >= 0.3 is 5.97 Å². The minimum atomic E-state index is -0.767. The lowest BCUT2D eigenvalue weighted by Crippen LogP contribution is -2.17. The van der Waals surface area contributed by atoms with Gasteiger partial charge in [-0.3, -0.25) is 5.43 Å². The second-order valence-corrected chi connectivity index (χ2v) is 2.99. The maximum atomic E-state index is 11.2. The van der Waals surface area contributed by atoms with Crippen molar-refractivity contribution in [3.63, 3.8) is 0 Å². The molecular formula is C11H12N4O2. The number of nitrogens with two attached hydrogens (primary N) is 1. The number of carbonyl (C=O) groups excluding carboxylic acids is 1. The molecule has 0 fully saturated rings. The number of para-hydroxylation sites is 2. The number of nitriles is 1. The van der Waals surface area contributed by atoms with E-state index in [1.165, 1.54) is 0 Å². The molecule has 1 aromatic rings. The van der Waals surface area contributed by atoms with Crippen LogP contribution in [0.3, 0.4) is 0 Å². The lowest BCUT2D eigenvalue weighted by Gasteiger charge is -2.04. The minimum absolute atomic E-state index is 0.188. The highest BCUT2D eigenvalue weighted by Crippen LogP contribution is 2.16. The summed E-state index contributed by atoms with van der Waals surface area (Å²) in [4.78, 5) is 11.2. The lowest BCUT2D eigenvalue weighted by molar-refractivity contribution is -0.134. The van der Waals surface area contributed by atoms with E-state index in [1.54, 1.807) is 37.3 Å². The molecule has 0 amide bonds. The fourth-order valence-electron chi connectivity index (χ4n) is 1.03. The lowest BCUT2D eigenvalue weighted by atomic mass is 10.3. The summed E-state index contributed by atoms with van der Waals surface area (Å²) in [6, 6.07) is 8.52. The van der Waals surface area contributed by atoms with Gasteiger partial charge in [0.05, 0.1) is 18.0 Å². The number of nitrogen functional groups attached to an aromatic ring is 1. The van der Waals surface area contributed by atoms with Crippen molar-refractivity contribution in [3.8, 4) is 6.07 Å². The maximum Gasteiger partial charge on any atom is 0.369 e. The Morgan fingerprint density at radius 3 is 2.88 bits per heavy atom. The fraction of sp³-hybridized carbons (Fsp3) is 0.182. The van der Waals surface area contributed by atoms with Gasteiger partial charge in [0.15, 0.2) is 0 Å². The fourth-order valence-corrected chi connectivity index (χ4v) is 1.03. The molecule has 0 aliphatic heterocycles. The van der Waals surface area contributed by atoms with Gasteiger partial charge in [-0.2, -0.15) is 10.4 Å². The molecule has 0 atom stereocenters. The van der Waals surface area contributed by atoms with E-state index in [1.807, 2.05) is 0 Å². The van der Waals surface area contributed by atoms with E-state index in [0.29, 0.717) is 11.4 Å². The predicted molar refractivity (Wildman–Crippen MR) is 64.2 cm³/mol. The van der Waals surface area contributed by atoms with Crippen LogP contribution in [-0.2, 0) is 9.53 Å². The first-order chi connectivity index (χ1) is 8.19. The molecule has 0 bridgehead atoms. The van der Waals surface area contributed by atoms with Crippen molar-refractivity contribution in [2.45, 2.75) is 6.92 Å². The monoisotopic (exact) mass is 232 g/mol. The smallest absolute Gasteiger partial charge is 0.369 e. The van der Waals surface area contributed by atoms with E-state index in [9.17, 15) is 4.79 Å². The molecule has 3 N–H and O–H groups in total. The third-order valence-corrected chi connectivity index (χ3v) is 1.82. The molecule has 1 rings (SSSR count). The van der Waals surface area contributed by atoms with Crippen LogP contribution in [-0.4, -0.2) is 18.3 Å². The van der Waals surface area contributed by atoms with Crippen LogP contribution in [0, 0.1) is 11.3 Å². The van der Waals surface area contributed by atoms with Gasteiger partial charge < -0.3 is 10.5 Å². The first kappa shape index (κ1) is 12.5. The normalized spacial score (nSPS) is 10.5. The number of rotatable bonds is 4. The zero-order valence-corrected chi connectivity index (χ0v) is 9.30. The van der Waals surface area contributed by atoms with Crippen LogP contribution in [0.5, 0.6) is 0 Å². The Labute approximate surface area is 98.7 Å². The molecule has 0 aliphatic carbocycles. The van der Waals surface area contributed by atoms with E-state index < -0.39 is 5.97 Å². The SMILES string of the molecule is CCOC(=O)/C(C#N)=N\Nc1ccccc1N. The molecule has 0 spiro atoms. The van der Waals surface area contributed by atoms with Crippen molar-refractivity contribution in [2.75, 3.05) is 17.8 Å². The molecule has 17 heavy (non-hydrogen) atoms. The van der Waals surface area contributed by atoms with Crippen LogP contribution in [0.15, 0.2) is 29.4 Å². The first-order valence-electron chi connectivity index (χ1n) is 4.94. The van der Waals surface area contributed by atoms with E-state index in [0.717, 1.165) is 0 Å². The number of carbonyl (C=O) groups is 1. The summed E-state index contributed by atoms with van der Waals surface area (Å²) in [5, 5.41) is 12.4. The summed E-state index contributed by atoms with van der Waals surface area (Å²) in [6.45, 7) is 1.84. The minimum Gasteiger partial charge on any atom is -0.461 e. The molecule has 6 nitrogen and oxygen atoms in total. The summed E-state index contributed by atoms with van der Waals surface area (Å²) in [5.74, 6) is -0.767. The van der Waals surface area contributed by atoms with Gasteiger partial charge in [-0.15, -0.1) is 0 Å². The first-order valence-corrected chi connectivity index (χ1v) is 4.94. The van der Waals surface area contributed by atoms with Gasteiger partial charge in [-0.25, -0.2) is 4.79 Å². The number of benzene rings is 1. The Hall–Kier alpha value is -2.55. The van der Waals surface area contributed by atoms with Crippen LogP contribution in [0.1, 0.15) is 6.92 Å². The van der Waals surface area contributed by atoms with Crippen LogP contribution < -0.4 is 11.2 Å². The molecule has 0 heterocycles. The molecule has 0 aromatic heterocycles. The maximum absolute atomic E-state index is 11.2. The number of nitrogens with one attached hydrogen (secondary N) is 1. The highest BCUT2D eigenvalue weighted by molar-refractivity contribution is 6.43. The van der Waals surface area contributed by atoms with E-state index in [2.05, 4.69) is 15.3 Å². The van der Waals surface area contributed by atoms with Gasteiger partial charge in [0.1, 0.15) is 6.07 Å². The van der Waals surface area contributed by atoms with Crippen LogP contribution in [0.4, 0.5) is 11.4 Å². The predicted octanol–water partition coefficient (Wildman–Crippen LogP) is 1.12. The molecule has 0 saturated carbocycles. The summed E-state index contributed by atoms with van der Waals surface area (Å²) in [6.07, 6.45) is 0. The Morgan fingerprint density at radius 2 is 2.29 bits per heavy atom. The highest BCUT2D eigenvalue weighted by Gasteiger charge is 2.11. The average Bonchev–Trinajstić information content (AvgIpc) is 2.32. The van der Waals surface area contributed by atoms with E-state index in [-0.39, 0.29) is 12.3 Å². The Bertz CT molecular complexity index is 477. The number of anilines is 2. The number of hydrazone groups is 1. The zero-order valence-electron chi connectivity index (χ0n) is 9.30. The number of esters is 1. The van der Waals surface area contributed by atoms with Crippen molar-refractivity contribution < 1.29 is 9.53 Å². The second-order valence-electron chi connectivity index (χ2n) is 2.99.